The van der Waals surface area contributed by atoms with Crippen molar-refractivity contribution < 1.29 is 36.9 Å². The lowest BCUT2D eigenvalue weighted by Crippen LogP contribution is -2.32. The molecule has 0 aromatic heterocycles. The number of alkyl halides is 2. The van der Waals surface area contributed by atoms with Crippen molar-refractivity contribution in [3.05, 3.63) is 88.5 Å². The van der Waals surface area contributed by atoms with Crippen LogP contribution in [0.3, 0.4) is 0 Å². The Labute approximate surface area is 248 Å². The van der Waals surface area contributed by atoms with Gasteiger partial charge in [-0.1, -0.05) is 39.0 Å². The van der Waals surface area contributed by atoms with Gasteiger partial charge in [-0.05, 0) is 89.3 Å². The van der Waals surface area contributed by atoms with Crippen molar-refractivity contribution in [1.29, 1.82) is 0 Å². The molecular weight excluding hydrogens is 560 g/mol. The predicted octanol–water partition coefficient (Wildman–Crippen LogP) is 8.90. The molecule has 8 heteroatoms. The first-order valence-corrected chi connectivity index (χ1v) is 14.6. The highest BCUT2D eigenvalue weighted by atomic mass is 19.3. The Morgan fingerprint density at radius 2 is 1.74 bits per heavy atom. The van der Waals surface area contributed by atoms with E-state index in [1.807, 2.05) is 12.1 Å². The Kier molecular flexibility index (Phi) is 6.90. The van der Waals surface area contributed by atoms with Crippen molar-refractivity contribution >= 4 is 11.5 Å². The quantitative estimate of drug-likeness (QED) is 0.278. The Morgan fingerprint density at radius 3 is 2.40 bits per heavy atom. The maximum absolute atomic E-state index is 16.1. The second kappa shape index (κ2) is 10.1. The van der Waals surface area contributed by atoms with Crippen LogP contribution in [0.5, 0.6) is 11.5 Å². The average Bonchev–Trinajstić information content (AvgIpc) is 3.39. The zero-order valence-corrected chi connectivity index (χ0v) is 24.6. The van der Waals surface area contributed by atoms with Crippen LogP contribution in [-0.2, 0) is 22.7 Å². The molecule has 43 heavy (non-hydrogen) atoms. The first-order valence-electron chi connectivity index (χ1n) is 14.6. The monoisotopic (exact) mass is 594 g/mol. The van der Waals surface area contributed by atoms with Crippen molar-refractivity contribution in [2.45, 2.75) is 64.4 Å². The van der Waals surface area contributed by atoms with Crippen LogP contribution in [0.1, 0.15) is 68.7 Å². The summed E-state index contributed by atoms with van der Waals surface area (Å²) in [4.78, 5) is 11.9. The van der Waals surface area contributed by atoms with Crippen LogP contribution < -0.4 is 9.47 Å². The molecule has 1 fully saturated rings. The first kappa shape index (κ1) is 29.3. The van der Waals surface area contributed by atoms with Crippen molar-refractivity contribution in [1.82, 2.24) is 0 Å². The van der Waals surface area contributed by atoms with Crippen molar-refractivity contribution in [2.75, 3.05) is 7.11 Å². The maximum Gasteiger partial charge on any atom is 0.307 e. The number of aliphatic carboxylic acids is 1. The molecule has 0 heterocycles. The number of ether oxygens (including phenoxy) is 2. The third-order valence-corrected chi connectivity index (χ3v) is 9.92. The largest absolute Gasteiger partial charge is 0.497 e. The second-order valence-electron chi connectivity index (χ2n) is 12.7. The van der Waals surface area contributed by atoms with Gasteiger partial charge in [-0.25, -0.2) is 17.6 Å². The lowest BCUT2D eigenvalue weighted by Gasteiger charge is -2.33. The standard InChI is InChI=1S/C35H34F4O4/c1-19-29(32(40)41)34(19)14-15-35(38,39)26-10-12-28(31(37)30(26)34)43-18-20-7-9-22(24-17-21(42-4)8-11-27(24)36)23(16-20)25-6-5-13-33(25,2)3/h6-12,16-17,19,29H,5,13-15,18H2,1-4H3,(H,40,41)/t19-,29?,34?/m0/s1. The number of allylic oxidation sites excluding steroid dienone is 2. The molecule has 0 radical (unpaired) electrons. The maximum atomic E-state index is 16.1. The van der Waals surface area contributed by atoms with E-state index in [0.717, 1.165) is 24.0 Å². The molecule has 4 nitrogen and oxygen atoms in total. The van der Waals surface area contributed by atoms with Gasteiger partial charge in [-0.15, -0.1) is 0 Å². The summed E-state index contributed by atoms with van der Waals surface area (Å²) in [7, 11) is 1.52. The molecule has 0 amide bonds. The zero-order chi connectivity index (χ0) is 30.9. The number of methoxy groups -OCH3 is 1. The van der Waals surface area contributed by atoms with Gasteiger partial charge < -0.3 is 14.6 Å². The molecule has 1 saturated carbocycles. The van der Waals surface area contributed by atoms with Gasteiger partial charge in [0.25, 0.3) is 5.92 Å². The molecule has 3 aromatic rings. The highest BCUT2D eigenvalue weighted by molar-refractivity contribution is 5.85. The molecule has 226 valence electrons. The van der Waals surface area contributed by atoms with Gasteiger partial charge in [0.15, 0.2) is 11.6 Å². The minimum Gasteiger partial charge on any atom is -0.497 e. The molecule has 1 spiro atoms. The number of benzene rings is 3. The van der Waals surface area contributed by atoms with Crippen molar-refractivity contribution in [3.63, 3.8) is 0 Å². The molecule has 0 bridgehead atoms. The zero-order valence-electron chi connectivity index (χ0n) is 24.6. The number of hydrogen-bond donors (Lipinski definition) is 1. The minimum absolute atomic E-state index is 0.0708. The molecule has 3 aliphatic rings. The van der Waals surface area contributed by atoms with E-state index < -0.39 is 52.8 Å². The number of carboxylic acid groups (broad SMARTS) is 1. The van der Waals surface area contributed by atoms with E-state index in [-0.39, 0.29) is 29.8 Å². The third-order valence-electron chi connectivity index (χ3n) is 9.92. The Balaban J connectivity index is 1.37. The van der Waals surface area contributed by atoms with Gasteiger partial charge in [-0.3, -0.25) is 4.79 Å². The van der Waals surface area contributed by atoms with Gasteiger partial charge in [0.2, 0.25) is 0 Å². The summed E-state index contributed by atoms with van der Waals surface area (Å²) < 4.78 is 72.2. The van der Waals surface area contributed by atoms with E-state index in [4.69, 9.17) is 9.47 Å². The Morgan fingerprint density at radius 1 is 0.977 bits per heavy atom. The topological polar surface area (TPSA) is 55.8 Å². The number of rotatable bonds is 7. The van der Waals surface area contributed by atoms with E-state index in [1.165, 1.54) is 25.3 Å². The van der Waals surface area contributed by atoms with Crippen molar-refractivity contribution in [3.8, 4) is 22.6 Å². The number of carbonyl (C=O) groups is 1. The van der Waals surface area contributed by atoms with Gasteiger partial charge in [0.05, 0.1) is 13.0 Å². The third kappa shape index (κ3) is 4.61. The van der Waals surface area contributed by atoms with Crippen LogP contribution in [0, 0.1) is 28.9 Å². The predicted molar refractivity (Wildman–Crippen MR) is 155 cm³/mol. The lowest BCUT2D eigenvalue weighted by molar-refractivity contribution is -0.139. The first-order chi connectivity index (χ1) is 20.3. The molecule has 3 aliphatic carbocycles. The van der Waals surface area contributed by atoms with E-state index in [2.05, 4.69) is 19.9 Å². The molecule has 3 aromatic carbocycles. The van der Waals surface area contributed by atoms with Gasteiger partial charge in [0.1, 0.15) is 18.2 Å². The average molecular weight is 595 g/mol. The summed E-state index contributed by atoms with van der Waals surface area (Å²) in [6, 6.07) is 12.4. The van der Waals surface area contributed by atoms with Crippen LogP contribution >= 0.6 is 0 Å². The summed E-state index contributed by atoms with van der Waals surface area (Å²) in [5.74, 6) is -6.77. The fraction of sp³-hybridized carbons (Fsp3) is 0.400. The Bertz CT molecular complexity index is 1660. The summed E-state index contributed by atoms with van der Waals surface area (Å²) in [6.45, 7) is 5.88. The fourth-order valence-electron chi connectivity index (χ4n) is 7.48. The molecule has 3 atom stereocenters. The van der Waals surface area contributed by atoms with Crippen LogP contribution in [-0.4, -0.2) is 18.2 Å². The molecule has 0 aliphatic heterocycles. The van der Waals surface area contributed by atoms with E-state index in [0.29, 0.717) is 22.4 Å². The van der Waals surface area contributed by atoms with Crippen LogP contribution in [0.25, 0.3) is 16.7 Å². The molecule has 1 N–H and O–H groups in total. The smallest absolute Gasteiger partial charge is 0.307 e. The highest BCUT2D eigenvalue weighted by Gasteiger charge is 2.71. The normalized spacial score (nSPS) is 24.8. The highest BCUT2D eigenvalue weighted by Crippen LogP contribution is 2.68. The number of carboxylic acids is 1. The van der Waals surface area contributed by atoms with Crippen LogP contribution in [0.2, 0.25) is 0 Å². The van der Waals surface area contributed by atoms with Crippen molar-refractivity contribution in [2.24, 2.45) is 17.3 Å². The van der Waals surface area contributed by atoms with Gasteiger partial charge >= 0.3 is 5.97 Å². The van der Waals surface area contributed by atoms with E-state index in [9.17, 15) is 18.7 Å². The molecule has 2 unspecified atom stereocenters. The summed E-state index contributed by atoms with van der Waals surface area (Å²) in [5.41, 5.74) is 1.64. The van der Waals surface area contributed by atoms with Gasteiger partial charge in [-0.2, -0.15) is 0 Å². The lowest BCUT2D eigenvalue weighted by atomic mass is 9.75. The summed E-state index contributed by atoms with van der Waals surface area (Å²) >= 11 is 0. The van der Waals surface area contributed by atoms with E-state index >= 15 is 8.78 Å². The Hall–Kier alpha value is -3.81. The van der Waals surface area contributed by atoms with E-state index in [1.54, 1.807) is 25.1 Å². The second-order valence-corrected chi connectivity index (χ2v) is 12.7. The molecule has 6 rings (SSSR count). The number of halogens is 4. The summed E-state index contributed by atoms with van der Waals surface area (Å²) in [6.07, 6.45) is 3.34. The number of hydrogen-bond acceptors (Lipinski definition) is 3. The molecule has 0 saturated heterocycles. The van der Waals surface area contributed by atoms with Gasteiger partial charge in [0, 0.05) is 28.5 Å². The molecular formula is C35H34F4O4. The van der Waals surface area contributed by atoms with Crippen LogP contribution in [0.4, 0.5) is 17.6 Å². The number of fused-ring (bicyclic) bond motifs is 2. The SMILES string of the molecule is COc1ccc(F)c(-c2ccc(COc3ccc4c(c3F)C3(CCC4(F)F)C(C(=O)O)[C@@H]3C)cc2C2=CCCC2(C)C)c1. The fourth-order valence-corrected chi connectivity index (χ4v) is 7.48. The minimum atomic E-state index is -3.26. The van der Waals surface area contributed by atoms with Crippen LogP contribution in [0.15, 0.2) is 54.6 Å². The summed E-state index contributed by atoms with van der Waals surface area (Å²) in [5, 5.41) is 9.74.